The summed E-state index contributed by atoms with van der Waals surface area (Å²) in [7, 11) is 0. The van der Waals surface area contributed by atoms with Gasteiger partial charge in [-0.15, -0.1) is 0 Å². The van der Waals surface area contributed by atoms with E-state index in [2.05, 4.69) is 40.9 Å². The minimum atomic E-state index is 0.542. The molecule has 1 aromatic heterocycles. The van der Waals surface area contributed by atoms with Gasteiger partial charge in [-0.25, -0.2) is 0 Å². The Kier molecular flexibility index (Phi) is 5.23. The standard InChI is InChI=1S/C19H20N4S/c1-2-16-10-6-7-11-17(16)20-19(24)21-18-12-13-23(22-18)14-15-8-4-3-5-9-15/h3-13H,2,14H2,1H3,(H2,20,21,22,24). The summed E-state index contributed by atoms with van der Waals surface area (Å²) in [5.41, 5.74) is 3.47. The second-order valence-corrected chi connectivity index (χ2v) is 5.88. The van der Waals surface area contributed by atoms with Gasteiger partial charge in [0.1, 0.15) is 0 Å². The zero-order valence-corrected chi connectivity index (χ0v) is 14.4. The highest BCUT2D eigenvalue weighted by Gasteiger charge is 2.05. The average Bonchev–Trinajstić information content (AvgIpc) is 3.03. The van der Waals surface area contributed by atoms with Gasteiger partial charge in [0, 0.05) is 18.0 Å². The molecule has 0 atom stereocenters. The Hall–Kier alpha value is -2.66. The van der Waals surface area contributed by atoms with Crippen LogP contribution in [-0.2, 0) is 13.0 Å². The summed E-state index contributed by atoms with van der Waals surface area (Å²) in [5.74, 6) is 0.734. The van der Waals surface area contributed by atoms with E-state index in [-0.39, 0.29) is 0 Å². The number of benzene rings is 2. The van der Waals surface area contributed by atoms with Crippen LogP contribution in [0.5, 0.6) is 0 Å². The summed E-state index contributed by atoms with van der Waals surface area (Å²) in [6.45, 7) is 2.86. The minimum absolute atomic E-state index is 0.542. The second kappa shape index (κ2) is 7.75. The van der Waals surface area contributed by atoms with Crippen molar-refractivity contribution >= 4 is 28.8 Å². The third kappa shape index (κ3) is 4.20. The molecule has 0 aliphatic heterocycles. The van der Waals surface area contributed by atoms with Crippen molar-refractivity contribution in [1.82, 2.24) is 9.78 Å². The molecule has 0 saturated carbocycles. The van der Waals surface area contributed by atoms with Crippen LogP contribution in [0.2, 0.25) is 0 Å². The molecule has 0 unspecified atom stereocenters. The van der Waals surface area contributed by atoms with Gasteiger partial charge >= 0.3 is 0 Å². The van der Waals surface area contributed by atoms with Crippen LogP contribution < -0.4 is 10.6 Å². The van der Waals surface area contributed by atoms with Gasteiger partial charge in [0.2, 0.25) is 0 Å². The predicted octanol–water partition coefficient (Wildman–Crippen LogP) is 4.30. The highest BCUT2D eigenvalue weighted by Crippen LogP contribution is 2.16. The number of nitrogens with one attached hydrogen (secondary N) is 2. The van der Waals surface area contributed by atoms with Gasteiger partial charge < -0.3 is 10.6 Å². The number of aryl methyl sites for hydroxylation is 1. The Bertz CT molecular complexity index is 811. The smallest absolute Gasteiger partial charge is 0.176 e. The van der Waals surface area contributed by atoms with E-state index in [1.807, 2.05) is 53.3 Å². The summed E-state index contributed by atoms with van der Waals surface area (Å²) < 4.78 is 1.89. The molecule has 0 spiro atoms. The lowest BCUT2D eigenvalue weighted by molar-refractivity contribution is 0.690. The first-order valence-electron chi connectivity index (χ1n) is 7.98. The van der Waals surface area contributed by atoms with E-state index in [1.165, 1.54) is 11.1 Å². The topological polar surface area (TPSA) is 41.9 Å². The normalized spacial score (nSPS) is 10.4. The molecule has 0 aliphatic carbocycles. The summed E-state index contributed by atoms with van der Waals surface area (Å²) in [5, 5.41) is 11.4. The number of anilines is 2. The summed E-state index contributed by atoms with van der Waals surface area (Å²) in [6, 6.07) is 20.3. The zero-order valence-electron chi connectivity index (χ0n) is 13.6. The maximum atomic E-state index is 5.39. The van der Waals surface area contributed by atoms with E-state index in [0.717, 1.165) is 24.5 Å². The highest BCUT2D eigenvalue weighted by atomic mass is 32.1. The second-order valence-electron chi connectivity index (χ2n) is 5.47. The van der Waals surface area contributed by atoms with Crippen LogP contribution in [0.15, 0.2) is 66.9 Å². The fraction of sp³-hybridized carbons (Fsp3) is 0.158. The fourth-order valence-electron chi connectivity index (χ4n) is 2.51. The van der Waals surface area contributed by atoms with Crippen molar-refractivity contribution in [2.75, 3.05) is 10.6 Å². The lowest BCUT2D eigenvalue weighted by Crippen LogP contribution is -2.20. The summed E-state index contributed by atoms with van der Waals surface area (Å²) in [6.07, 6.45) is 2.90. The van der Waals surface area contributed by atoms with E-state index in [4.69, 9.17) is 12.2 Å². The molecule has 2 N–H and O–H groups in total. The summed E-state index contributed by atoms with van der Waals surface area (Å²) in [4.78, 5) is 0. The molecule has 0 radical (unpaired) electrons. The number of aromatic nitrogens is 2. The molecular weight excluding hydrogens is 316 g/mol. The Morgan fingerprint density at radius 1 is 1.00 bits per heavy atom. The Morgan fingerprint density at radius 2 is 1.75 bits per heavy atom. The molecule has 0 aliphatic rings. The maximum Gasteiger partial charge on any atom is 0.176 e. The molecule has 0 fully saturated rings. The Balaban J connectivity index is 1.61. The van der Waals surface area contributed by atoms with Gasteiger partial charge in [0.15, 0.2) is 10.9 Å². The first kappa shape index (κ1) is 16.2. The van der Waals surface area contributed by atoms with Crippen molar-refractivity contribution in [3.63, 3.8) is 0 Å². The van der Waals surface area contributed by atoms with Gasteiger partial charge in [-0.05, 0) is 35.8 Å². The van der Waals surface area contributed by atoms with Gasteiger partial charge in [0.25, 0.3) is 0 Å². The van der Waals surface area contributed by atoms with Gasteiger partial charge in [-0.1, -0.05) is 55.5 Å². The molecular formula is C19H20N4S. The molecule has 4 nitrogen and oxygen atoms in total. The molecule has 0 saturated heterocycles. The van der Waals surface area contributed by atoms with Crippen LogP contribution in [0.4, 0.5) is 11.5 Å². The van der Waals surface area contributed by atoms with E-state index in [9.17, 15) is 0 Å². The molecule has 24 heavy (non-hydrogen) atoms. The molecule has 5 heteroatoms. The number of thiocarbonyl (C=S) groups is 1. The third-order valence-corrected chi connectivity index (χ3v) is 3.92. The number of nitrogens with zero attached hydrogens (tertiary/aromatic N) is 2. The number of para-hydroxylation sites is 1. The quantitative estimate of drug-likeness (QED) is 0.682. The number of rotatable bonds is 5. The molecule has 122 valence electrons. The zero-order chi connectivity index (χ0) is 16.8. The maximum absolute atomic E-state index is 5.39. The van der Waals surface area contributed by atoms with Crippen molar-refractivity contribution in [3.8, 4) is 0 Å². The van der Waals surface area contributed by atoms with Crippen LogP contribution in [0, 0.1) is 0 Å². The van der Waals surface area contributed by atoms with E-state index in [1.54, 1.807) is 0 Å². The van der Waals surface area contributed by atoms with Gasteiger partial charge in [-0.3, -0.25) is 4.68 Å². The van der Waals surface area contributed by atoms with Crippen LogP contribution in [-0.4, -0.2) is 14.9 Å². The van der Waals surface area contributed by atoms with Crippen LogP contribution in [0.3, 0.4) is 0 Å². The average molecular weight is 336 g/mol. The first-order chi connectivity index (χ1) is 11.7. The SMILES string of the molecule is CCc1ccccc1NC(=S)Nc1ccn(Cc2ccccc2)n1. The lowest BCUT2D eigenvalue weighted by atomic mass is 10.1. The van der Waals surface area contributed by atoms with E-state index in [0.29, 0.717) is 5.11 Å². The first-order valence-corrected chi connectivity index (χ1v) is 8.38. The molecule has 0 amide bonds. The van der Waals surface area contributed by atoms with E-state index >= 15 is 0 Å². The fourth-order valence-corrected chi connectivity index (χ4v) is 2.72. The molecule has 3 rings (SSSR count). The predicted molar refractivity (Wildman–Crippen MR) is 103 cm³/mol. The van der Waals surface area contributed by atoms with Crippen molar-refractivity contribution in [2.45, 2.75) is 19.9 Å². The largest absolute Gasteiger partial charge is 0.332 e. The van der Waals surface area contributed by atoms with Gasteiger partial charge in [-0.2, -0.15) is 5.10 Å². The van der Waals surface area contributed by atoms with Crippen LogP contribution >= 0.6 is 12.2 Å². The van der Waals surface area contributed by atoms with Crippen molar-refractivity contribution in [1.29, 1.82) is 0 Å². The molecule has 0 bridgehead atoms. The molecule has 2 aromatic carbocycles. The van der Waals surface area contributed by atoms with Crippen LogP contribution in [0.1, 0.15) is 18.1 Å². The van der Waals surface area contributed by atoms with Crippen LogP contribution in [0.25, 0.3) is 0 Å². The minimum Gasteiger partial charge on any atom is -0.332 e. The third-order valence-electron chi connectivity index (χ3n) is 3.72. The highest BCUT2D eigenvalue weighted by molar-refractivity contribution is 7.80. The monoisotopic (exact) mass is 336 g/mol. The molecule has 3 aromatic rings. The van der Waals surface area contributed by atoms with Crippen molar-refractivity contribution < 1.29 is 0 Å². The van der Waals surface area contributed by atoms with Gasteiger partial charge in [0.05, 0.1) is 6.54 Å². The van der Waals surface area contributed by atoms with Crippen molar-refractivity contribution in [3.05, 3.63) is 78.0 Å². The van der Waals surface area contributed by atoms with Crippen molar-refractivity contribution in [2.24, 2.45) is 0 Å². The Morgan fingerprint density at radius 3 is 2.54 bits per heavy atom. The Labute approximate surface area is 147 Å². The summed E-state index contributed by atoms with van der Waals surface area (Å²) >= 11 is 5.39. The van der Waals surface area contributed by atoms with E-state index < -0.39 is 0 Å². The molecule has 1 heterocycles. The number of hydrogen-bond acceptors (Lipinski definition) is 2. The lowest BCUT2D eigenvalue weighted by Gasteiger charge is -2.12. The number of hydrogen-bond donors (Lipinski definition) is 2.